The Morgan fingerprint density at radius 1 is 0.704 bits per heavy atom. The van der Waals surface area contributed by atoms with E-state index < -0.39 is 34.8 Å². The molecule has 0 fully saturated rings. The molecule has 7 nitrogen and oxygen atoms in total. The van der Waals surface area contributed by atoms with E-state index in [0.29, 0.717) is 11.1 Å². The Morgan fingerprint density at radius 3 is 1.48 bits per heavy atom. The molecule has 0 radical (unpaired) electrons. The molecule has 2 aliphatic heterocycles. The van der Waals surface area contributed by atoms with E-state index in [1.165, 1.54) is 0 Å². The van der Waals surface area contributed by atoms with Crippen molar-refractivity contribution in [2.45, 2.75) is 24.9 Å². The van der Waals surface area contributed by atoms with Crippen molar-refractivity contribution < 1.29 is 23.9 Å². The number of carbonyl (C=O) groups is 4. The number of nitrogens with one attached hydrogen (secondary N) is 2. The lowest BCUT2D eigenvalue weighted by Gasteiger charge is -2.34. The Hall–Kier alpha value is -3.32. The van der Waals surface area contributed by atoms with Crippen molar-refractivity contribution in [1.29, 1.82) is 0 Å². The molecule has 0 unspecified atom stereocenters. The quantitative estimate of drug-likeness (QED) is 0.424. The minimum Gasteiger partial charge on any atom is -0.386 e. The van der Waals surface area contributed by atoms with Crippen LogP contribution in [-0.4, -0.2) is 34.8 Å². The van der Waals surface area contributed by atoms with Crippen LogP contribution in [0.4, 0.5) is 0 Å². The summed E-state index contributed by atoms with van der Waals surface area (Å²) in [6.45, 7) is 3.78. The fourth-order valence-corrected chi connectivity index (χ4v) is 3.43. The first-order valence-corrected chi connectivity index (χ1v) is 8.37. The van der Waals surface area contributed by atoms with Gasteiger partial charge in [0.05, 0.1) is 33.4 Å². The normalized spacial score (nSPS) is 24.7. The second-order valence-electron chi connectivity index (χ2n) is 7.14. The fourth-order valence-electron chi connectivity index (χ4n) is 3.43. The Balaban J connectivity index is 1.62. The van der Waals surface area contributed by atoms with Crippen molar-refractivity contribution in [3.63, 3.8) is 0 Å². The Labute approximate surface area is 154 Å². The molecule has 0 aromatic rings. The van der Waals surface area contributed by atoms with Crippen LogP contribution in [0, 0.1) is 0 Å². The third-order valence-electron chi connectivity index (χ3n) is 4.85. The highest BCUT2D eigenvalue weighted by atomic mass is 16.6. The van der Waals surface area contributed by atoms with Crippen LogP contribution in [0.3, 0.4) is 0 Å². The second-order valence-corrected chi connectivity index (χ2v) is 7.14. The van der Waals surface area contributed by atoms with Gasteiger partial charge in [-0.3, -0.25) is 20.2 Å². The van der Waals surface area contributed by atoms with Gasteiger partial charge in [-0.15, -0.1) is 0 Å². The number of imide groups is 1. The lowest BCUT2D eigenvalue weighted by atomic mass is 9.92. The van der Waals surface area contributed by atoms with Crippen LogP contribution in [0.1, 0.15) is 13.8 Å². The minimum absolute atomic E-state index is 0.224. The second kappa shape index (κ2) is 5.59. The summed E-state index contributed by atoms with van der Waals surface area (Å²) in [6.07, 6.45) is 13.5. The van der Waals surface area contributed by atoms with Gasteiger partial charge in [-0.2, -0.15) is 0 Å². The zero-order chi connectivity index (χ0) is 19.4. The first-order valence-electron chi connectivity index (χ1n) is 8.37. The third kappa shape index (κ3) is 2.82. The van der Waals surface area contributed by atoms with Crippen LogP contribution in [0.15, 0.2) is 70.9 Å². The van der Waals surface area contributed by atoms with Gasteiger partial charge in [0.1, 0.15) is 0 Å². The number of hydrogen-bond donors (Lipinski definition) is 2. The molecule has 0 aromatic carbocycles. The number of ether oxygens (including phenoxy) is 1. The zero-order valence-electron chi connectivity index (χ0n) is 14.7. The van der Waals surface area contributed by atoms with Gasteiger partial charge >= 0.3 is 11.9 Å². The zero-order valence-corrected chi connectivity index (χ0v) is 14.7. The molecular formula is C20H16N2O5. The van der Waals surface area contributed by atoms with E-state index in [1.807, 2.05) is 13.8 Å². The predicted molar refractivity (Wildman–Crippen MR) is 94.8 cm³/mol. The average molecular weight is 364 g/mol. The molecule has 2 aliphatic carbocycles. The van der Waals surface area contributed by atoms with Gasteiger partial charge in [-0.25, -0.2) is 9.59 Å². The molecule has 0 aromatic heterocycles. The van der Waals surface area contributed by atoms with Crippen molar-refractivity contribution in [2.75, 3.05) is 0 Å². The number of rotatable bonds is 2. The van der Waals surface area contributed by atoms with E-state index >= 15 is 0 Å². The summed E-state index contributed by atoms with van der Waals surface area (Å²) in [5.41, 5.74) is -0.285. The largest absolute Gasteiger partial charge is 0.386 e. The predicted octanol–water partition coefficient (Wildman–Crippen LogP) is 0.678. The molecule has 0 spiro atoms. The van der Waals surface area contributed by atoms with Crippen LogP contribution < -0.4 is 10.6 Å². The van der Waals surface area contributed by atoms with Crippen LogP contribution in [0.5, 0.6) is 0 Å². The van der Waals surface area contributed by atoms with Gasteiger partial charge < -0.3 is 4.74 Å². The lowest BCUT2D eigenvalue weighted by molar-refractivity contribution is -0.150. The van der Waals surface area contributed by atoms with E-state index in [1.54, 1.807) is 48.6 Å². The highest BCUT2D eigenvalue weighted by molar-refractivity contribution is 6.22. The van der Waals surface area contributed by atoms with E-state index in [9.17, 15) is 19.2 Å². The first kappa shape index (κ1) is 17.1. The molecule has 7 heteroatoms. The van der Waals surface area contributed by atoms with Crippen molar-refractivity contribution >= 4 is 23.8 Å². The molecule has 27 heavy (non-hydrogen) atoms. The third-order valence-corrected chi connectivity index (χ3v) is 4.85. The first-order chi connectivity index (χ1) is 12.7. The van der Waals surface area contributed by atoms with Gasteiger partial charge in [0.15, 0.2) is 0 Å². The molecule has 0 saturated carbocycles. The molecule has 2 amide bonds. The van der Waals surface area contributed by atoms with Crippen LogP contribution >= 0.6 is 0 Å². The highest BCUT2D eigenvalue weighted by Gasteiger charge is 2.36. The summed E-state index contributed by atoms with van der Waals surface area (Å²) in [6, 6.07) is 0. The van der Waals surface area contributed by atoms with Crippen LogP contribution in [-0.2, 0) is 23.9 Å². The maximum Gasteiger partial charge on any atom is 0.346 e. The van der Waals surface area contributed by atoms with Crippen molar-refractivity contribution in [3.05, 3.63) is 70.9 Å². The van der Waals surface area contributed by atoms with E-state index in [2.05, 4.69) is 15.4 Å². The average Bonchev–Trinajstić information content (AvgIpc) is 2.84. The van der Waals surface area contributed by atoms with Crippen molar-refractivity contribution in [3.8, 4) is 0 Å². The Kier molecular flexibility index (Phi) is 3.54. The molecule has 2 heterocycles. The Morgan fingerprint density at radius 2 is 1.07 bits per heavy atom. The summed E-state index contributed by atoms with van der Waals surface area (Å²) in [5.74, 6) is -2.16. The summed E-state index contributed by atoms with van der Waals surface area (Å²) in [4.78, 5) is 47.2. The maximum absolute atomic E-state index is 11.9. The SMILES string of the molecule is CC1(NC2(C)C=CC3=C(C=C2)C(=O)OC3=O)C=CC2=C(C=C1)C(=O)NC2=O. The Bertz CT molecular complexity index is 855. The number of esters is 2. The van der Waals surface area contributed by atoms with Gasteiger partial charge in [-0.1, -0.05) is 36.5 Å². The number of amides is 2. The van der Waals surface area contributed by atoms with E-state index in [4.69, 9.17) is 0 Å². The molecule has 4 aliphatic rings. The monoisotopic (exact) mass is 364 g/mol. The van der Waals surface area contributed by atoms with Crippen LogP contribution in [0.25, 0.3) is 0 Å². The summed E-state index contributed by atoms with van der Waals surface area (Å²) in [7, 11) is 0. The fraction of sp³-hybridized carbons (Fsp3) is 0.200. The summed E-state index contributed by atoms with van der Waals surface area (Å²) < 4.78 is 4.61. The molecule has 0 atom stereocenters. The van der Waals surface area contributed by atoms with Gasteiger partial charge in [-0.05, 0) is 26.0 Å². The minimum atomic E-state index is -0.699. The maximum atomic E-state index is 11.9. The molecular weight excluding hydrogens is 348 g/mol. The molecule has 0 saturated heterocycles. The van der Waals surface area contributed by atoms with E-state index in [0.717, 1.165) is 0 Å². The topological polar surface area (TPSA) is 102 Å². The van der Waals surface area contributed by atoms with Crippen LogP contribution in [0.2, 0.25) is 0 Å². The number of cyclic esters (lactones) is 2. The number of carbonyl (C=O) groups excluding carboxylic acids is 4. The standard InChI is InChI=1S/C20H16N2O5/c1-19(7-3-11-12(4-8-19)16(24)21-15(11)23)22-20(2)9-5-13-14(6-10-20)18(26)27-17(13)25/h3-10,22H,1-2H3,(H,21,23,24). The smallest absolute Gasteiger partial charge is 0.346 e. The summed E-state index contributed by atoms with van der Waals surface area (Å²) in [5, 5.41) is 5.69. The summed E-state index contributed by atoms with van der Waals surface area (Å²) >= 11 is 0. The number of hydrogen-bond acceptors (Lipinski definition) is 6. The molecule has 0 bridgehead atoms. The molecule has 2 N–H and O–H groups in total. The lowest BCUT2D eigenvalue weighted by Crippen LogP contribution is -2.51. The van der Waals surface area contributed by atoms with Crippen molar-refractivity contribution in [1.82, 2.24) is 10.6 Å². The van der Waals surface area contributed by atoms with Gasteiger partial charge in [0, 0.05) is 0 Å². The van der Waals surface area contributed by atoms with E-state index in [-0.39, 0.29) is 11.1 Å². The molecule has 4 rings (SSSR count). The van der Waals surface area contributed by atoms with Crippen molar-refractivity contribution in [2.24, 2.45) is 0 Å². The molecule has 136 valence electrons. The highest BCUT2D eigenvalue weighted by Crippen LogP contribution is 2.29. The van der Waals surface area contributed by atoms with Gasteiger partial charge in [0.2, 0.25) is 0 Å². The van der Waals surface area contributed by atoms with Gasteiger partial charge in [0.25, 0.3) is 11.8 Å².